The van der Waals surface area contributed by atoms with Crippen LogP contribution < -0.4 is 0 Å². The van der Waals surface area contributed by atoms with Crippen LogP contribution >= 0.6 is 0 Å². The molecule has 5 nitrogen and oxygen atoms in total. The molecular weight excluding hydrogens is 242 g/mol. The summed E-state index contributed by atoms with van der Waals surface area (Å²) in [5, 5.41) is 13.2. The molecule has 1 N–H and O–H groups in total. The highest BCUT2D eigenvalue weighted by Gasteiger charge is 2.29. The Morgan fingerprint density at radius 3 is 2.58 bits per heavy atom. The third kappa shape index (κ3) is 3.15. The predicted molar refractivity (Wildman–Crippen MR) is 70.6 cm³/mol. The molecule has 0 saturated heterocycles. The smallest absolute Gasteiger partial charge is 0.240 e. The van der Waals surface area contributed by atoms with Crippen molar-refractivity contribution in [3.05, 3.63) is 11.7 Å². The molecule has 3 rings (SSSR count). The third-order valence-electron chi connectivity index (χ3n) is 4.51. The fourth-order valence-electron chi connectivity index (χ4n) is 2.95. The molecular formula is C14H23N3O2. The van der Waals surface area contributed by atoms with Crippen molar-refractivity contribution in [1.29, 1.82) is 0 Å². The maximum absolute atomic E-state index is 9.16. The predicted octanol–water partition coefficient (Wildman–Crippen LogP) is 1.93. The van der Waals surface area contributed by atoms with Gasteiger partial charge in [0, 0.05) is 18.6 Å². The van der Waals surface area contributed by atoms with E-state index in [1.165, 1.54) is 12.8 Å². The summed E-state index contributed by atoms with van der Waals surface area (Å²) in [7, 11) is 2.13. The third-order valence-corrected chi connectivity index (χ3v) is 4.51. The molecule has 0 amide bonds. The molecule has 106 valence electrons. The SMILES string of the molecule is CN(Cc1nc(C2CC2)no1)C1CCC(CO)CC1. The number of aliphatic hydroxyl groups excluding tert-OH is 1. The van der Waals surface area contributed by atoms with Gasteiger partial charge >= 0.3 is 0 Å². The number of aromatic nitrogens is 2. The van der Waals surface area contributed by atoms with Crippen LogP contribution in [0.4, 0.5) is 0 Å². The zero-order valence-corrected chi connectivity index (χ0v) is 11.6. The van der Waals surface area contributed by atoms with Crippen LogP contribution in [0.5, 0.6) is 0 Å². The van der Waals surface area contributed by atoms with Crippen molar-refractivity contribution in [3.8, 4) is 0 Å². The zero-order valence-electron chi connectivity index (χ0n) is 11.6. The average molecular weight is 265 g/mol. The van der Waals surface area contributed by atoms with E-state index in [0.29, 0.717) is 24.5 Å². The Balaban J connectivity index is 1.51. The van der Waals surface area contributed by atoms with Gasteiger partial charge in [-0.15, -0.1) is 0 Å². The Morgan fingerprint density at radius 2 is 1.95 bits per heavy atom. The van der Waals surface area contributed by atoms with Gasteiger partial charge in [-0.05, 0) is 51.5 Å². The van der Waals surface area contributed by atoms with Crippen LogP contribution in [0.25, 0.3) is 0 Å². The summed E-state index contributed by atoms with van der Waals surface area (Å²) in [6.45, 7) is 1.08. The molecule has 0 aliphatic heterocycles. The summed E-state index contributed by atoms with van der Waals surface area (Å²) in [6.07, 6.45) is 6.99. The Morgan fingerprint density at radius 1 is 1.21 bits per heavy atom. The fourth-order valence-corrected chi connectivity index (χ4v) is 2.95. The molecule has 0 aromatic carbocycles. The first-order valence-corrected chi connectivity index (χ1v) is 7.40. The molecule has 2 saturated carbocycles. The minimum Gasteiger partial charge on any atom is -0.396 e. The van der Waals surface area contributed by atoms with Crippen LogP contribution in [0, 0.1) is 5.92 Å². The average Bonchev–Trinajstić information content (AvgIpc) is 3.20. The second-order valence-corrected chi connectivity index (χ2v) is 6.09. The molecule has 19 heavy (non-hydrogen) atoms. The monoisotopic (exact) mass is 265 g/mol. The minimum absolute atomic E-state index is 0.338. The Kier molecular flexibility index (Phi) is 3.84. The highest BCUT2D eigenvalue weighted by atomic mass is 16.5. The summed E-state index contributed by atoms with van der Waals surface area (Å²) in [5.41, 5.74) is 0. The molecule has 1 aromatic heterocycles. The van der Waals surface area contributed by atoms with Gasteiger partial charge in [0.2, 0.25) is 5.89 Å². The van der Waals surface area contributed by atoms with Crippen molar-refractivity contribution in [1.82, 2.24) is 15.0 Å². The van der Waals surface area contributed by atoms with Crippen LogP contribution in [-0.2, 0) is 6.54 Å². The van der Waals surface area contributed by atoms with Gasteiger partial charge in [0.05, 0.1) is 6.54 Å². The summed E-state index contributed by atoms with van der Waals surface area (Å²) >= 11 is 0. The minimum atomic E-state index is 0.338. The normalized spacial score (nSPS) is 27.9. The molecule has 2 aliphatic carbocycles. The lowest BCUT2D eigenvalue weighted by Crippen LogP contribution is -2.35. The van der Waals surface area contributed by atoms with Crippen LogP contribution in [0.1, 0.15) is 56.2 Å². The fraction of sp³-hybridized carbons (Fsp3) is 0.857. The van der Waals surface area contributed by atoms with Gasteiger partial charge in [-0.1, -0.05) is 5.16 Å². The van der Waals surface area contributed by atoms with Crippen LogP contribution in [0.15, 0.2) is 4.52 Å². The second kappa shape index (κ2) is 5.59. The van der Waals surface area contributed by atoms with Crippen LogP contribution in [0.2, 0.25) is 0 Å². The zero-order chi connectivity index (χ0) is 13.2. The molecule has 2 aliphatic rings. The van der Waals surface area contributed by atoms with E-state index in [1.807, 2.05) is 0 Å². The number of hydrogen-bond acceptors (Lipinski definition) is 5. The van der Waals surface area contributed by atoms with Crippen molar-refractivity contribution >= 4 is 0 Å². The standard InChI is InChI=1S/C14H23N3O2/c1-17(12-6-2-10(9-18)3-7-12)8-13-15-14(16-19-13)11-4-5-11/h10-12,18H,2-9H2,1H3. The number of rotatable bonds is 5. The first-order valence-electron chi connectivity index (χ1n) is 7.40. The van der Waals surface area contributed by atoms with Gasteiger partial charge < -0.3 is 9.63 Å². The number of hydrogen-bond donors (Lipinski definition) is 1. The lowest BCUT2D eigenvalue weighted by molar-refractivity contribution is 0.116. The van der Waals surface area contributed by atoms with E-state index in [4.69, 9.17) is 9.63 Å². The number of aliphatic hydroxyl groups is 1. The van der Waals surface area contributed by atoms with E-state index in [2.05, 4.69) is 22.1 Å². The molecule has 0 spiro atoms. The summed E-state index contributed by atoms with van der Waals surface area (Å²) in [5.74, 6) is 2.71. The van der Waals surface area contributed by atoms with Gasteiger partial charge in [0.15, 0.2) is 5.82 Å². The van der Waals surface area contributed by atoms with Crippen LogP contribution in [0.3, 0.4) is 0 Å². The largest absolute Gasteiger partial charge is 0.396 e. The van der Waals surface area contributed by atoms with Crippen molar-refractivity contribution < 1.29 is 9.63 Å². The van der Waals surface area contributed by atoms with E-state index >= 15 is 0 Å². The maximum Gasteiger partial charge on any atom is 0.240 e. The van der Waals surface area contributed by atoms with Gasteiger partial charge in [0.1, 0.15) is 0 Å². The molecule has 0 radical (unpaired) electrons. The summed E-state index contributed by atoms with van der Waals surface area (Å²) in [6, 6.07) is 0.582. The molecule has 0 bridgehead atoms. The highest BCUT2D eigenvalue weighted by molar-refractivity contribution is 5.03. The van der Waals surface area contributed by atoms with E-state index in [0.717, 1.165) is 43.9 Å². The molecule has 0 atom stereocenters. The molecule has 5 heteroatoms. The topological polar surface area (TPSA) is 62.4 Å². The lowest BCUT2D eigenvalue weighted by Gasteiger charge is -2.33. The van der Waals surface area contributed by atoms with E-state index in [1.54, 1.807) is 0 Å². The first kappa shape index (κ1) is 13.1. The van der Waals surface area contributed by atoms with Gasteiger partial charge in [-0.2, -0.15) is 4.98 Å². The molecule has 1 heterocycles. The van der Waals surface area contributed by atoms with Crippen molar-refractivity contribution in [3.63, 3.8) is 0 Å². The first-order chi connectivity index (χ1) is 9.26. The highest BCUT2D eigenvalue weighted by Crippen LogP contribution is 2.38. The number of nitrogens with zero attached hydrogens (tertiary/aromatic N) is 3. The van der Waals surface area contributed by atoms with Gasteiger partial charge in [0.25, 0.3) is 0 Å². The molecule has 0 unspecified atom stereocenters. The molecule has 2 fully saturated rings. The van der Waals surface area contributed by atoms with Crippen molar-refractivity contribution in [2.24, 2.45) is 5.92 Å². The lowest BCUT2D eigenvalue weighted by atomic mass is 9.86. The van der Waals surface area contributed by atoms with Crippen molar-refractivity contribution in [2.45, 2.75) is 57.0 Å². The summed E-state index contributed by atoms with van der Waals surface area (Å²) in [4.78, 5) is 6.80. The van der Waals surface area contributed by atoms with Gasteiger partial charge in [-0.25, -0.2) is 0 Å². The Bertz CT molecular complexity index is 409. The summed E-state index contributed by atoms with van der Waals surface area (Å²) < 4.78 is 5.33. The Hall–Kier alpha value is -0.940. The van der Waals surface area contributed by atoms with Crippen LogP contribution in [-0.4, -0.2) is 39.8 Å². The van der Waals surface area contributed by atoms with E-state index in [9.17, 15) is 0 Å². The van der Waals surface area contributed by atoms with E-state index in [-0.39, 0.29) is 0 Å². The quantitative estimate of drug-likeness (QED) is 0.881. The second-order valence-electron chi connectivity index (χ2n) is 6.09. The maximum atomic E-state index is 9.16. The van der Waals surface area contributed by atoms with E-state index < -0.39 is 0 Å². The Labute approximate surface area is 114 Å². The van der Waals surface area contributed by atoms with Gasteiger partial charge in [-0.3, -0.25) is 4.90 Å². The molecule has 1 aromatic rings. The van der Waals surface area contributed by atoms with Crippen molar-refractivity contribution in [2.75, 3.05) is 13.7 Å².